The van der Waals surface area contributed by atoms with Crippen LogP contribution in [-0.4, -0.2) is 60.9 Å². The molecule has 5 heteroatoms. The summed E-state index contributed by atoms with van der Waals surface area (Å²) in [5.41, 5.74) is 1.18. The summed E-state index contributed by atoms with van der Waals surface area (Å²) in [7, 11) is 3.93. The molecule has 1 unspecified atom stereocenters. The minimum Gasteiger partial charge on any atom is -0.353 e. The van der Waals surface area contributed by atoms with Crippen LogP contribution >= 0.6 is 0 Å². The lowest BCUT2D eigenvalue weighted by Crippen LogP contribution is -2.52. The van der Waals surface area contributed by atoms with Crippen molar-refractivity contribution in [2.75, 3.05) is 27.2 Å². The van der Waals surface area contributed by atoms with E-state index in [9.17, 15) is 9.59 Å². The Morgan fingerprint density at radius 1 is 1.12 bits per heavy atom. The lowest BCUT2D eigenvalue weighted by atomic mass is 10.0. The number of rotatable bonds is 6. The Bertz CT molecular complexity index is 590. The van der Waals surface area contributed by atoms with Crippen molar-refractivity contribution in [1.29, 1.82) is 0 Å². The molecule has 2 fully saturated rings. The van der Waals surface area contributed by atoms with Crippen LogP contribution < -0.4 is 5.32 Å². The number of carbonyl (C=O) groups excluding carboxylic acids is 2. The third-order valence-corrected chi connectivity index (χ3v) is 5.28. The van der Waals surface area contributed by atoms with Gasteiger partial charge in [0.1, 0.15) is 0 Å². The van der Waals surface area contributed by atoms with Gasteiger partial charge in [-0.15, -0.1) is 0 Å². The van der Waals surface area contributed by atoms with E-state index in [0.29, 0.717) is 0 Å². The van der Waals surface area contributed by atoms with Crippen molar-refractivity contribution < 1.29 is 9.59 Å². The van der Waals surface area contributed by atoms with E-state index in [1.165, 1.54) is 5.56 Å². The molecular weight excluding hydrogens is 314 g/mol. The number of likely N-dealkylation sites (N-methyl/N-ethyl adjacent to an activating group) is 1. The third kappa shape index (κ3) is 4.82. The second kappa shape index (κ2) is 8.00. The van der Waals surface area contributed by atoms with Crippen molar-refractivity contribution in [3.05, 3.63) is 35.9 Å². The first-order valence-corrected chi connectivity index (χ1v) is 9.34. The van der Waals surface area contributed by atoms with Crippen LogP contribution in [0.2, 0.25) is 0 Å². The first-order chi connectivity index (χ1) is 12.0. The van der Waals surface area contributed by atoms with Gasteiger partial charge in [-0.1, -0.05) is 30.3 Å². The lowest BCUT2D eigenvalue weighted by molar-refractivity contribution is -0.137. The van der Waals surface area contributed by atoms with E-state index in [0.717, 1.165) is 45.2 Å². The number of likely N-dealkylation sites (tertiary alicyclic amines) is 1. The van der Waals surface area contributed by atoms with Crippen LogP contribution in [0.15, 0.2) is 30.3 Å². The summed E-state index contributed by atoms with van der Waals surface area (Å²) < 4.78 is 0. The van der Waals surface area contributed by atoms with Gasteiger partial charge in [0, 0.05) is 25.0 Å². The molecule has 1 aliphatic heterocycles. The molecule has 0 spiro atoms. The number of piperidine rings is 1. The highest BCUT2D eigenvalue weighted by atomic mass is 16.2. The molecule has 1 aromatic rings. The molecule has 1 heterocycles. The molecule has 25 heavy (non-hydrogen) atoms. The van der Waals surface area contributed by atoms with E-state index in [1.807, 2.05) is 42.1 Å². The maximum absolute atomic E-state index is 13.0. The summed E-state index contributed by atoms with van der Waals surface area (Å²) >= 11 is 0. The maximum Gasteiger partial charge on any atom is 0.240 e. The quantitative estimate of drug-likeness (QED) is 0.855. The normalized spacial score (nSPS) is 19.7. The number of hydrogen-bond donors (Lipinski definition) is 1. The standard InChI is InChI=1S/C20H29N3O2/c1-22(2)18(14-15-6-4-3-5-7-15)20(25)23-12-10-17(11-13-23)21-19(24)16-8-9-16/h3-7,16-18H,8-14H2,1-2H3,(H,21,24). The molecule has 1 saturated heterocycles. The molecule has 1 aliphatic carbocycles. The van der Waals surface area contributed by atoms with Crippen molar-refractivity contribution in [1.82, 2.24) is 15.1 Å². The largest absolute Gasteiger partial charge is 0.353 e. The zero-order valence-electron chi connectivity index (χ0n) is 15.3. The molecule has 5 nitrogen and oxygen atoms in total. The second-order valence-corrected chi connectivity index (χ2v) is 7.55. The Balaban J connectivity index is 1.53. The number of carbonyl (C=O) groups is 2. The van der Waals surface area contributed by atoms with Gasteiger partial charge in [0.05, 0.1) is 6.04 Å². The van der Waals surface area contributed by atoms with Crippen LogP contribution in [0.25, 0.3) is 0 Å². The van der Waals surface area contributed by atoms with Gasteiger partial charge < -0.3 is 10.2 Å². The van der Waals surface area contributed by atoms with Gasteiger partial charge in [0.2, 0.25) is 11.8 Å². The Hall–Kier alpha value is -1.88. The highest BCUT2D eigenvalue weighted by Crippen LogP contribution is 2.29. The topological polar surface area (TPSA) is 52.7 Å². The van der Waals surface area contributed by atoms with E-state index >= 15 is 0 Å². The number of benzene rings is 1. The summed E-state index contributed by atoms with van der Waals surface area (Å²) in [6.07, 6.45) is 4.51. The second-order valence-electron chi connectivity index (χ2n) is 7.55. The number of nitrogens with one attached hydrogen (secondary N) is 1. The van der Waals surface area contributed by atoms with Crippen LogP contribution in [-0.2, 0) is 16.0 Å². The highest BCUT2D eigenvalue weighted by Gasteiger charge is 2.33. The van der Waals surface area contributed by atoms with Crippen molar-refractivity contribution >= 4 is 11.8 Å². The predicted octanol–water partition coefficient (Wildman–Crippen LogP) is 1.68. The fraction of sp³-hybridized carbons (Fsp3) is 0.600. The summed E-state index contributed by atoms with van der Waals surface area (Å²) in [5, 5.41) is 3.14. The van der Waals surface area contributed by atoms with E-state index in [1.54, 1.807) is 0 Å². The molecular formula is C20H29N3O2. The summed E-state index contributed by atoms with van der Waals surface area (Å²) in [5.74, 6) is 0.657. The zero-order valence-corrected chi connectivity index (χ0v) is 15.3. The van der Waals surface area contributed by atoms with E-state index in [-0.39, 0.29) is 29.8 Å². The van der Waals surface area contributed by atoms with Crippen molar-refractivity contribution in [2.45, 2.75) is 44.2 Å². The molecule has 1 saturated carbocycles. The molecule has 0 bridgehead atoms. The van der Waals surface area contributed by atoms with Gasteiger partial charge >= 0.3 is 0 Å². The van der Waals surface area contributed by atoms with E-state index in [4.69, 9.17) is 0 Å². The fourth-order valence-corrected chi connectivity index (χ4v) is 3.45. The SMILES string of the molecule is CN(C)C(Cc1ccccc1)C(=O)N1CCC(NC(=O)C2CC2)CC1. The van der Waals surface area contributed by atoms with Gasteiger partial charge in [-0.2, -0.15) is 0 Å². The monoisotopic (exact) mass is 343 g/mol. The van der Waals surface area contributed by atoms with E-state index < -0.39 is 0 Å². The van der Waals surface area contributed by atoms with Crippen molar-refractivity contribution in [2.24, 2.45) is 5.92 Å². The summed E-state index contributed by atoms with van der Waals surface area (Å²) in [6, 6.07) is 10.3. The van der Waals surface area contributed by atoms with Crippen molar-refractivity contribution in [3.63, 3.8) is 0 Å². The fourth-order valence-electron chi connectivity index (χ4n) is 3.45. The molecule has 2 amide bonds. The molecule has 3 rings (SSSR count). The molecule has 1 N–H and O–H groups in total. The minimum absolute atomic E-state index is 0.139. The molecule has 2 aliphatic rings. The van der Waals surface area contributed by atoms with Gasteiger partial charge in [0.25, 0.3) is 0 Å². The minimum atomic E-state index is -0.139. The first kappa shape index (κ1) is 17.9. The van der Waals surface area contributed by atoms with Gasteiger partial charge in [-0.25, -0.2) is 0 Å². The number of hydrogen-bond acceptors (Lipinski definition) is 3. The van der Waals surface area contributed by atoms with Gasteiger partial charge in [0.15, 0.2) is 0 Å². The third-order valence-electron chi connectivity index (χ3n) is 5.28. The summed E-state index contributed by atoms with van der Waals surface area (Å²) in [6.45, 7) is 1.46. The average molecular weight is 343 g/mol. The summed E-state index contributed by atoms with van der Waals surface area (Å²) in [4.78, 5) is 28.9. The van der Waals surface area contributed by atoms with E-state index in [2.05, 4.69) is 17.4 Å². The molecule has 1 aromatic carbocycles. The molecule has 1 atom stereocenters. The Labute approximate surface area is 150 Å². The highest BCUT2D eigenvalue weighted by molar-refractivity contribution is 5.83. The number of amides is 2. The lowest BCUT2D eigenvalue weighted by Gasteiger charge is -2.36. The molecule has 0 radical (unpaired) electrons. The van der Waals surface area contributed by atoms with Crippen LogP contribution in [0.4, 0.5) is 0 Å². The molecule has 0 aromatic heterocycles. The Morgan fingerprint density at radius 2 is 1.76 bits per heavy atom. The van der Waals surface area contributed by atoms with Gasteiger partial charge in [-0.05, 0) is 51.8 Å². The first-order valence-electron chi connectivity index (χ1n) is 9.34. The average Bonchev–Trinajstić information content (AvgIpc) is 3.45. The van der Waals surface area contributed by atoms with Crippen LogP contribution in [0.1, 0.15) is 31.2 Å². The van der Waals surface area contributed by atoms with Crippen LogP contribution in [0.3, 0.4) is 0 Å². The smallest absolute Gasteiger partial charge is 0.240 e. The zero-order chi connectivity index (χ0) is 17.8. The Kier molecular flexibility index (Phi) is 5.74. The van der Waals surface area contributed by atoms with Crippen molar-refractivity contribution in [3.8, 4) is 0 Å². The Morgan fingerprint density at radius 3 is 2.32 bits per heavy atom. The molecule has 136 valence electrons. The van der Waals surface area contributed by atoms with Crippen LogP contribution in [0.5, 0.6) is 0 Å². The maximum atomic E-state index is 13.0. The van der Waals surface area contributed by atoms with Crippen LogP contribution in [0, 0.1) is 5.92 Å². The number of nitrogens with zero attached hydrogens (tertiary/aromatic N) is 2. The predicted molar refractivity (Wildman–Crippen MR) is 98.1 cm³/mol. The van der Waals surface area contributed by atoms with Gasteiger partial charge in [-0.3, -0.25) is 14.5 Å².